The van der Waals surface area contributed by atoms with Crippen molar-refractivity contribution >= 4 is 5.97 Å². The van der Waals surface area contributed by atoms with Crippen LogP contribution in [-0.2, 0) is 14.3 Å². The molecular formula is C17H30O3. The Balaban J connectivity index is 1.83. The van der Waals surface area contributed by atoms with Gasteiger partial charge in [0.25, 0.3) is 0 Å². The molecule has 3 heteroatoms. The molecule has 2 fully saturated rings. The summed E-state index contributed by atoms with van der Waals surface area (Å²) in [6.45, 7) is 0. The molecular weight excluding hydrogens is 252 g/mol. The van der Waals surface area contributed by atoms with Gasteiger partial charge in [0.15, 0.2) is 5.60 Å². The molecule has 2 atom stereocenters. The molecule has 0 aromatic rings. The van der Waals surface area contributed by atoms with Crippen molar-refractivity contribution in [3.05, 3.63) is 0 Å². The Morgan fingerprint density at radius 3 is 1.95 bits per heavy atom. The molecule has 2 aliphatic rings. The quantitative estimate of drug-likeness (QED) is 0.529. The van der Waals surface area contributed by atoms with Gasteiger partial charge in [-0.15, -0.1) is 0 Å². The Morgan fingerprint density at radius 1 is 0.900 bits per heavy atom. The van der Waals surface area contributed by atoms with E-state index in [0.717, 1.165) is 19.3 Å². The van der Waals surface area contributed by atoms with Gasteiger partial charge in [-0.05, 0) is 19.3 Å². The summed E-state index contributed by atoms with van der Waals surface area (Å²) in [6, 6.07) is 0. The van der Waals surface area contributed by atoms with Crippen LogP contribution in [-0.4, -0.2) is 24.8 Å². The zero-order chi connectivity index (χ0) is 14.3. The van der Waals surface area contributed by atoms with E-state index in [1.165, 1.54) is 71.3 Å². The van der Waals surface area contributed by atoms with Gasteiger partial charge in [-0.1, -0.05) is 64.2 Å². The van der Waals surface area contributed by atoms with E-state index in [0.29, 0.717) is 0 Å². The van der Waals surface area contributed by atoms with Gasteiger partial charge in [0.2, 0.25) is 0 Å². The van der Waals surface area contributed by atoms with Crippen LogP contribution in [0.2, 0.25) is 0 Å². The first-order valence-corrected chi connectivity index (χ1v) is 8.56. The van der Waals surface area contributed by atoms with Crippen LogP contribution in [0.4, 0.5) is 0 Å². The Morgan fingerprint density at radius 2 is 1.40 bits per heavy atom. The van der Waals surface area contributed by atoms with E-state index < -0.39 is 5.60 Å². The summed E-state index contributed by atoms with van der Waals surface area (Å²) >= 11 is 0. The minimum atomic E-state index is -0.574. The summed E-state index contributed by atoms with van der Waals surface area (Å²) in [5.74, 6) is -0.146. The maximum atomic E-state index is 12.0. The molecule has 20 heavy (non-hydrogen) atoms. The first-order valence-electron chi connectivity index (χ1n) is 8.56. The van der Waals surface area contributed by atoms with E-state index in [1.807, 2.05) is 0 Å². The Kier molecular flexibility index (Phi) is 6.34. The first kappa shape index (κ1) is 15.8. The third kappa shape index (κ3) is 4.21. The van der Waals surface area contributed by atoms with Gasteiger partial charge in [0.1, 0.15) is 0 Å². The van der Waals surface area contributed by atoms with Gasteiger partial charge in [0.05, 0.1) is 13.2 Å². The Labute approximate surface area is 123 Å². The SMILES string of the molecule is COC(=O)[C@]12CCCCCCCCCCCCC[C@@H]1O2. The molecule has 1 saturated heterocycles. The van der Waals surface area contributed by atoms with Gasteiger partial charge in [0, 0.05) is 0 Å². The van der Waals surface area contributed by atoms with Gasteiger partial charge in [-0.3, -0.25) is 0 Å². The Bertz CT molecular complexity index is 303. The average Bonchev–Trinajstić information content (AvgIpc) is 3.16. The topological polar surface area (TPSA) is 38.8 Å². The van der Waals surface area contributed by atoms with Crippen molar-refractivity contribution in [2.75, 3.05) is 7.11 Å². The van der Waals surface area contributed by atoms with Crippen molar-refractivity contribution < 1.29 is 14.3 Å². The molecule has 0 aromatic heterocycles. The van der Waals surface area contributed by atoms with Crippen LogP contribution in [0.15, 0.2) is 0 Å². The number of esters is 1. The lowest BCUT2D eigenvalue weighted by molar-refractivity contribution is -0.147. The van der Waals surface area contributed by atoms with Crippen LogP contribution >= 0.6 is 0 Å². The third-order valence-electron chi connectivity index (χ3n) is 4.86. The predicted octanol–water partition coefficient (Wildman–Crippen LogP) is 4.38. The number of fused-ring (bicyclic) bond motifs is 1. The van der Waals surface area contributed by atoms with Crippen LogP contribution in [0.1, 0.15) is 83.5 Å². The second kappa shape index (κ2) is 8.02. The normalized spacial score (nSPS) is 33.4. The van der Waals surface area contributed by atoms with E-state index in [-0.39, 0.29) is 12.1 Å². The van der Waals surface area contributed by atoms with Gasteiger partial charge >= 0.3 is 5.97 Å². The molecule has 1 aliphatic carbocycles. The van der Waals surface area contributed by atoms with E-state index in [1.54, 1.807) is 0 Å². The van der Waals surface area contributed by atoms with Crippen LogP contribution in [0.3, 0.4) is 0 Å². The average molecular weight is 282 g/mol. The molecule has 1 saturated carbocycles. The van der Waals surface area contributed by atoms with Crippen LogP contribution < -0.4 is 0 Å². The number of carbonyl (C=O) groups excluding carboxylic acids is 1. The Hall–Kier alpha value is -0.570. The van der Waals surface area contributed by atoms with Gasteiger partial charge < -0.3 is 9.47 Å². The van der Waals surface area contributed by atoms with E-state index in [9.17, 15) is 4.79 Å². The highest BCUT2D eigenvalue weighted by atomic mass is 16.7. The van der Waals surface area contributed by atoms with Crippen molar-refractivity contribution in [3.63, 3.8) is 0 Å². The maximum Gasteiger partial charge on any atom is 0.340 e. The fourth-order valence-corrected chi connectivity index (χ4v) is 3.49. The van der Waals surface area contributed by atoms with E-state index in [4.69, 9.17) is 9.47 Å². The van der Waals surface area contributed by atoms with Gasteiger partial charge in [-0.25, -0.2) is 4.79 Å². The standard InChI is InChI=1S/C17H30O3/c1-19-16(18)17-14-12-10-8-6-4-2-3-5-7-9-11-13-15(17)20-17/h15H,2-14H2,1H3/t15-,17-/m0/s1. The number of carbonyl (C=O) groups is 1. The molecule has 0 unspecified atom stereocenters. The van der Waals surface area contributed by atoms with Crippen molar-refractivity contribution in [1.82, 2.24) is 0 Å². The van der Waals surface area contributed by atoms with Crippen molar-refractivity contribution in [2.45, 2.75) is 95.2 Å². The first-order chi connectivity index (χ1) is 9.79. The molecule has 1 aliphatic heterocycles. The molecule has 0 radical (unpaired) electrons. The monoisotopic (exact) mass is 282 g/mol. The number of methoxy groups -OCH3 is 1. The number of hydrogen-bond donors (Lipinski definition) is 0. The summed E-state index contributed by atoms with van der Waals surface area (Å²) in [5, 5.41) is 0. The predicted molar refractivity (Wildman–Crippen MR) is 79.6 cm³/mol. The molecule has 0 aromatic carbocycles. The fraction of sp³-hybridized carbons (Fsp3) is 0.941. The molecule has 2 rings (SSSR count). The van der Waals surface area contributed by atoms with Crippen LogP contribution in [0.25, 0.3) is 0 Å². The molecule has 116 valence electrons. The molecule has 0 amide bonds. The summed E-state index contributed by atoms with van der Waals surface area (Å²) in [5.41, 5.74) is -0.574. The van der Waals surface area contributed by atoms with Crippen LogP contribution in [0.5, 0.6) is 0 Å². The number of epoxide rings is 1. The lowest BCUT2D eigenvalue weighted by Gasteiger charge is -2.10. The molecule has 1 heterocycles. The fourth-order valence-electron chi connectivity index (χ4n) is 3.49. The second-order valence-electron chi connectivity index (χ2n) is 6.42. The number of hydrogen-bond acceptors (Lipinski definition) is 3. The smallest absolute Gasteiger partial charge is 0.340 e. The lowest BCUT2D eigenvalue weighted by Crippen LogP contribution is -2.29. The molecule has 3 nitrogen and oxygen atoms in total. The van der Waals surface area contributed by atoms with Crippen molar-refractivity contribution in [1.29, 1.82) is 0 Å². The highest BCUT2D eigenvalue weighted by molar-refractivity contribution is 5.83. The largest absolute Gasteiger partial charge is 0.467 e. The highest BCUT2D eigenvalue weighted by Crippen LogP contribution is 2.45. The number of ether oxygens (including phenoxy) is 2. The minimum absolute atomic E-state index is 0.125. The molecule has 0 bridgehead atoms. The summed E-state index contributed by atoms with van der Waals surface area (Å²) < 4.78 is 10.7. The summed E-state index contributed by atoms with van der Waals surface area (Å²) in [4.78, 5) is 12.0. The summed E-state index contributed by atoms with van der Waals surface area (Å²) in [6.07, 6.45) is 16.3. The third-order valence-corrected chi connectivity index (χ3v) is 4.86. The van der Waals surface area contributed by atoms with E-state index in [2.05, 4.69) is 0 Å². The minimum Gasteiger partial charge on any atom is -0.467 e. The number of rotatable bonds is 1. The molecule has 0 N–H and O–H groups in total. The van der Waals surface area contributed by atoms with Crippen molar-refractivity contribution in [2.24, 2.45) is 0 Å². The summed E-state index contributed by atoms with van der Waals surface area (Å²) in [7, 11) is 1.48. The van der Waals surface area contributed by atoms with Gasteiger partial charge in [-0.2, -0.15) is 0 Å². The lowest BCUT2D eigenvalue weighted by atomic mass is 9.94. The van der Waals surface area contributed by atoms with E-state index >= 15 is 0 Å². The zero-order valence-electron chi connectivity index (χ0n) is 13.0. The zero-order valence-corrected chi connectivity index (χ0v) is 13.0. The highest BCUT2D eigenvalue weighted by Gasteiger charge is 2.62. The van der Waals surface area contributed by atoms with Crippen molar-refractivity contribution in [3.8, 4) is 0 Å². The van der Waals surface area contributed by atoms with Crippen LogP contribution in [0, 0.1) is 0 Å². The molecule has 0 spiro atoms. The second-order valence-corrected chi connectivity index (χ2v) is 6.42. The maximum absolute atomic E-state index is 12.0.